The van der Waals surface area contributed by atoms with Crippen molar-refractivity contribution in [2.45, 2.75) is 44.0 Å². The van der Waals surface area contributed by atoms with Gasteiger partial charge in [-0.2, -0.15) is 4.98 Å². The Labute approximate surface area is 223 Å². The summed E-state index contributed by atoms with van der Waals surface area (Å²) in [6, 6.07) is 14.1. The van der Waals surface area contributed by atoms with Gasteiger partial charge >= 0.3 is 0 Å². The molecule has 4 rings (SSSR count). The summed E-state index contributed by atoms with van der Waals surface area (Å²) < 4.78 is 34.5. The molecule has 1 aliphatic heterocycles. The molecule has 1 aliphatic rings. The Bertz CT molecular complexity index is 1310. The number of likely N-dealkylation sites (tertiary alicyclic amines) is 1. The van der Waals surface area contributed by atoms with Crippen molar-refractivity contribution < 1.29 is 13.2 Å². The first-order valence-corrected chi connectivity index (χ1v) is 14.1. The number of benzene rings is 2. The Kier molecular flexibility index (Phi) is 8.53. The number of para-hydroxylation sites is 1. The summed E-state index contributed by atoms with van der Waals surface area (Å²) in [6.07, 6.45) is 3.99. The summed E-state index contributed by atoms with van der Waals surface area (Å²) in [5.41, 5.74) is 0.489. The third-order valence-corrected chi connectivity index (χ3v) is 7.69. The minimum Gasteiger partial charge on any atom is -0.492 e. The van der Waals surface area contributed by atoms with Crippen LogP contribution in [0.3, 0.4) is 0 Å². The molecule has 0 unspecified atom stereocenters. The second-order valence-corrected chi connectivity index (χ2v) is 12.0. The van der Waals surface area contributed by atoms with Gasteiger partial charge in [-0.05, 0) is 83.1 Å². The fraction of sp³-hybridized carbons (Fsp3) is 0.385. The molecule has 3 N–H and O–H groups in total. The first kappa shape index (κ1) is 27.1. The zero-order valence-corrected chi connectivity index (χ0v) is 22.9. The van der Waals surface area contributed by atoms with Crippen molar-refractivity contribution in [3.63, 3.8) is 0 Å². The maximum absolute atomic E-state index is 13.0. The lowest BCUT2D eigenvalue weighted by Crippen LogP contribution is -2.40. The molecule has 1 aromatic heterocycles. The van der Waals surface area contributed by atoms with E-state index in [1.54, 1.807) is 39.0 Å². The summed E-state index contributed by atoms with van der Waals surface area (Å²) >= 11 is 6.34. The van der Waals surface area contributed by atoms with Gasteiger partial charge in [0.1, 0.15) is 22.3 Å². The maximum atomic E-state index is 13.0. The van der Waals surface area contributed by atoms with Gasteiger partial charge in [-0.15, -0.1) is 0 Å². The van der Waals surface area contributed by atoms with Gasteiger partial charge in [0.2, 0.25) is 16.0 Å². The van der Waals surface area contributed by atoms with Gasteiger partial charge < -0.3 is 15.4 Å². The van der Waals surface area contributed by atoms with Crippen molar-refractivity contribution in [1.29, 1.82) is 0 Å². The van der Waals surface area contributed by atoms with Crippen LogP contribution in [-0.4, -0.2) is 55.1 Å². The molecular weight excluding hydrogens is 512 g/mol. The topological polar surface area (TPSA) is 108 Å². The number of sulfonamides is 1. The van der Waals surface area contributed by atoms with E-state index in [4.69, 9.17) is 16.3 Å². The molecule has 2 aromatic carbocycles. The van der Waals surface area contributed by atoms with Gasteiger partial charge in [0, 0.05) is 17.8 Å². The van der Waals surface area contributed by atoms with E-state index < -0.39 is 15.6 Å². The second-order valence-electron chi connectivity index (χ2n) is 9.91. The monoisotopic (exact) mass is 544 g/mol. The van der Waals surface area contributed by atoms with Gasteiger partial charge in [0.25, 0.3) is 0 Å². The van der Waals surface area contributed by atoms with Crippen LogP contribution in [0.25, 0.3) is 0 Å². The first-order chi connectivity index (χ1) is 17.6. The van der Waals surface area contributed by atoms with Gasteiger partial charge in [-0.3, -0.25) is 4.90 Å². The summed E-state index contributed by atoms with van der Waals surface area (Å²) in [5.74, 6) is 1.38. The first-order valence-electron chi connectivity index (χ1n) is 12.2. The summed E-state index contributed by atoms with van der Waals surface area (Å²) in [6.45, 7) is 9.25. The molecule has 11 heteroatoms. The summed E-state index contributed by atoms with van der Waals surface area (Å²) in [5, 5.41) is 6.45. The number of rotatable bonds is 10. The summed E-state index contributed by atoms with van der Waals surface area (Å²) in [4.78, 5) is 11.2. The van der Waals surface area contributed by atoms with E-state index in [2.05, 4.69) is 30.2 Å². The van der Waals surface area contributed by atoms with E-state index in [1.807, 2.05) is 24.3 Å². The molecule has 0 saturated carbocycles. The van der Waals surface area contributed by atoms with Crippen LogP contribution in [0.2, 0.25) is 5.02 Å². The Balaban J connectivity index is 1.43. The highest BCUT2D eigenvalue weighted by atomic mass is 35.5. The second kappa shape index (κ2) is 11.6. The molecule has 0 aliphatic carbocycles. The smallest absolute Gasteiger partial charge is 0.243 e. The Morgan fingerprint density at radius 3 is 2.43 bits per heavy atom. The molecule has 37 heavy (non-hydrogen) atoms. The molecule has 0 bridgehead atoms. The molecule has 1 saturated heterocycles. The number of nitrogens with zero attached hydrogens (tertiary/aromatic N) is 3. The van der Waals surface area contributed by atoms with Crippen molar-refractivity contribution >= 4 is 44.8 Å². The molecule has 9 nitrogen and oxygen atoms in total. The Morgan fingerprint density at radius 2 is 1.73 bits per heavy atom. The van der Waals surface area contributed by atoms with Crippen LogP contribution < -0.4 is 20.1 Å². The van der Waals surface area contributed by atoms with Crippen molar-refractivity contribution in [3.8, 4) is 5.75 Å². The maximum Gasteiger partial charge on any atom is 0.243 e. The average Bonchev–Trinajstić information content (AvgIpc) is 3.35. The number of hydrogen-bond acceptors (Lipinski definition) is 8. The number of anilines is 4. The van der Waals surface area contributed by atoms with E-state index in [0.717, 1.165) is 31.1 Å². The molecule has 3 aromatic rings. The molecule has 1 fully saturated rings. The quantitative estimate of drug-likeness (QED) is 0.321. The lowest BCUT2D eigenvalue weighted by atomic mass is 10.1. The number of hydrogen-bond donors (Lipinski definition) is 3. The normalized spacial score (nSPS) is 14.5. The minimum absolute atomic E-state index is 0.0921. The highest BCUT2D eigenvalue weighted by Gasteiger charge is 2.25. The molecule has 0 radical (unpaired) electrons. The van der Waals surface area contributed by atoms with Gasteiger partial charge in [0.05, 0.1) is 11.9 Å². The molecule has 0 spiro atoms. The van der Waals surface area contributed by atoms with Crippen LogP contribution in [0, 0.1) is 0 Å². The number of nitrogens with one attached hydrogen (secondary N) is 3. The molecule has 198 valence electrons. The fourth-order valence-electron chi connectivity index (χ4n) is 3.97. The van der Waals surface area contributed by atoms with E-state index in [0.29, 0.717) is 18.2 Å². The van der Waals surface area contributed by atoms with Crippen LogP contribution in [-0.2, 0) is 10.0 Å². The van der Waals surface area contributed by atoms with Crippen LogP contribution in [0.5, 0.6) is 5.75 Å². The largest absolute Gasteiger partial charge is 0.492 e. The lowest BCUT2D eigenvalue weighted by molar-refractivity contribution is 0.238. The zero-order valence-electron chi connectivity index (χ0n) is 21.3. The van der Waals surface area contributed by atoms with Crippen LogP contribution in [0.1, 0.15) is 33.6 Å². The van der Waals surface area contributed by atoms with Crippen molar-refractivity contribution in [2.24, 2.45) is 0 Å². The molecule has 0 atom stereocenters. The van der Waals surface area contributed by atoms with Crippen LogP contribution in [0.15, 0.2) is 59.6 Å². The van der Waals surface area contributed by atoms with Crippen LogP contribution >= 0.6 is 11.6 Å². The van der Waals surface area contributed by atoms with Crippen molar-refractivity contribution in [2.75, 3.05) is 36.9 Å². The van der Waals surface area contributed by atoms with Gasteiger partial charge in [0.15, 0.2) is 5.82 Å². The molecule has 0 amide bonds. The standard InChI is InChI=1S/C26H33ClN6O3S/c1-26(2,3)32-37(34,35)23-9-5-4-8-22(23)30-24-21(27)18-28-25(31-24)29-19-10-12-20(13-11-19)36-17-16-33-14-6-7-15-33/h4-5,8-13,18,32H,6-7,14-17H2,1-3H3,(H2,28,29,30,31). The third-order valence-electron chi connectivity index (χ3n) is 5.60. The summed E-state index contributed by atoms with van der Waals surface area (Å²) in [7, 11) is -3.79. The van der Waals surface area contributed by atoms with E-state index >= 15 is 0 Å². The Hall–Kier alpha value is -2.92. The zero-order chi connectivity index (χ0) is 26.5. The van der Waals surface area contributed by atoms with E-state index in [-0.39, 0.29) is 15.7 Å². The highest BCUT2D eigenvalue weighted by Crippen LogP contribution is 2.29. The van der Waals surface area contributed by atoms with E-state index in [1.165, 1.54) is 25.1 Å². The highest BCUT2D eigenvalue weighted by molar-refractivity contribution is 7.89. The molecular formula is C26H33ClN6O3S. The van der Waals surface area contributed by atoms with Crippen molar-refractivity contribution in [1.82, 2.24) is 19.6 Å². The SMILES string of the molecule is CC(C)(C)NS(=O)(=O)c1ccccc1Nc1nc(Nc2ccc(OCCN3CCCC3)cc2)ncc1Cl. The average molecular weight is 545 g/mol. The minimum atomic E-state index is -3.79. The van der Waals surface area contributed by atoms with Crippen LogP contribution in [0.4, 0.5) is 23.1 Å². The Morgan fingerprint density at radius 1 is 1.03 bits per heavy atom. The number of aromatic nitrogens is 2. The fourth-order valence-corrected chi connectivity index (χ4v) is 5.69. The number of halogens is 1. The van der Waals surface area contributed by atoms with Gasteiger partial charge in [-0.1, -0.05) is 23.7 Å². The lowest BCUT2D eigenvalue weighted by Gasteiger charge is -2.22. The third kappa shape index (κ3) is 7.78. The predicted octanol–water partition coefficient (Wildman–Crippen LogP) is 5.17. The van der Waals surface area contributed by atoms with E-state index in [9.17, 15) is 8.42 Å². The number of ether oxygens (including phenoxy) is 1. The van der Waals surface area contributed by atoms with Gasteiger partial charge in [-0.25, -0.2) is 18.1 Å². The predicted molar refractivity (Wildman–Crippen MR) is 148 cm³/mol. The van der Waals surface area contributed by atoms with Crippen molar-refractivity contribution in [3.05, 3.63) is 59.8 Å². The molecule has 2 heterocycles.